The van der Waals surface area contributed by atoms with Crippen LogP contribution in [-0.4, -0.2) is 20.4 Å². The molecule has 1 aromatic heterocycles. The van der Waals surface area contributed by atoms with Crippen LogP contribution in [0.5, 0.6) is 0 Å². The van der Waals surface area contributed by atoms with Crippen molar-refractivity contribution >= 4 is 40.0 Å². The molecule has 0 fully saturated rings. The van der Waals surface area contributed by atoms with E-state index in [0.717, 1.165) is 15.9 Å². The Morgan fingerprint density at radius 2 is 1.96 bits per heavy atom. The summed E-state index contributed by atoms with van der Waals surface area (Å²) in [6, 6.07) is 17.0. The number of aryl methyl sites for hydroxylation is 1. The van der Waals surface area contributed by atoms with Gasteiger partial charge in [-0.05, 0) is 36.4 Å². The Morgan fingerprint density at radius 1 is 1.25 bits per heavy atom. The summed E-state index contributed by atoms with van der Waals surface area (Å²) in [5, 5.41) is 20.5. The molecule has 0 aliphatic heterocycles. The van der Waals surface area contributed by atoms with Crippen LogP contribution in [0.3, 0.4) is 0 Å². The Bertz CT molecular complexity index is 955. The van der Waals surface area contributed by atoms with Crippen LogP contribution in [0.15, 0.2) is 59.2 Å². The van der Waals surface area contributed by atoms with E-state index in [-0.39, 0.29) is 17.1 Å². The molecule has 3 rings (SSSR count). The van der Waals surface area contributed by atoms with E-state index >= 15 is 0 Å². The zero-order chi connectivity index (χ0) is 17.1. The van der Waals surface area contributed by atoms with Crippen LogP contribution in [0.25, 0.3) is 16.6 Å². The summed E-state index contributed by atoms with van der Waals surface area (Å²) in [4.78, 5) is 5.43. The van der Waals surface area contributed by atoms with Crippen molar-refractivity contribution < 1.29 is 5.11 Å². The van der Waals surface area contributed by atoms with Crippen molar-refractivity contribution in [2.75, 3.05) is 5.75 Å². The van der Waals surface area contributed by atoms with Crippen LogP contribution in [0.1, 0.15) is 5.82 Å². The van der Waals surface area contributed by atoms with Gasteiger partial charge < -0.3 is 9.67 Å². The van der Waals surface area contributed by atoms with Crippen LogP contribution in [-0.2, 0) is 7.05 Å². The maximum Gasteiger partial charge on any atom is 0.155 e. The molecule has 0 aliphatic rings. The molecule has 2 aromatic carbocycles. The lowest BCUT2D eigenvalue weighted by molar-refractivity contribution is 0.420. The number of imidazole rings is 1. The number of benzene rings is 2. The van der Waals surface area contributed by atoms with Gasteiger partial charge in [-0.3, -0.25) is 0 Å². The van der Waals surface area contributed by atoms with Gasteiger partial charge in [-0.25, -0.2) is 4.98 Å². The predicted octanol–water partition coefficient (Wildman–Crippen LogP) is 4.81. The van der Waals surface area contributed by atoms with Gasteiger partial charge in [-0.2, -0.15) is 5.26 Å². The monoisotopic (exact) mass is 355 g/mol. The standard InChI is InChI=1S/C18H14ClN3OS/c1-22-16-5-3-2-4-15(16)21-18(22)14(10-20)17(23)11-24-13-8-6-12(19)7-9-13/h2-9,23H,11H2,1H3/b17-14-. The third-order valence-corrected chi connectivity index (χ3v) is 4.88. The Balaban J connectivity index is 1.90. The van der Waals surface area contributed by atoms with E-state index in [1.807, 2.05) is 48.0 Å². The lowest BCUT2D eigenvalue weighted by atomic mass is 10.2. The minimum atomic E-state index is 0.0101. The molecule has 0 radical (unpaired) electrons. The second-order valence-electron chi connectivity index (χ2n) is 5.16. The maximum atomic E-state index is 10.4. The second-order valence-corrected chi connectivity index (χ2v) is 6.64. The first kappa shape index (κ1) is 16.4. The highest BCUT2D eigenvalue weighted by atomic mass is 35.5. The molecule has 120 valence electrons. The second kappa shape index (κ2) is 7.00. The van der Waals surface area contributed by atoms with E-state index in [1.54, 1.807) is 12.1 Å². The number of hydrogen-bond donors (Lipinski definition) is 1. The van der Waals surface area contributed by atoms with Crippen molar-refractivity contribution in [2.45, 2.75) is 4.90 Å². The van der Waals surface area contributed by atoms with E-state index in [0.29, 0.717) is 10.8 Å². The van der Waals surface area contributed by atoms with E-state index in [4.69, 9.17) is 11.6 Å². The molecule has 0 atom stereocenters. The zero-order valence-electron chi connectivity index (χ0n) is 12.9. The van der Waals surface area contributed by atoms with Crippen molar-refractivity contribution in [3.05, 3.63) is 65.1 Å². The van der Waals surface area contributed by atoms with Gasteiger partial charge in [0.2, 0.25) is 0 Å². The molecule has 6 heteroatoms. The van der Waals surface area contributed by atoms with Gasteiger partial charge in [-0.15, -0.1) is 11.8 Å². The van der Waals surface area contributed by atoms with Gasteiger partial charge in [0, 0.05) is 17.0 Å². The highest BCUT2D eigenvalue weighted by Crippen LogP contribution is 2.26. The molecule has 0 aliphatic carbocycles. The first-order valence-electron chi connectivity index (χ1n) is 7.22. The average molecular weight is 356 g/mol. The number of aliphatic hydroxyl groups is 1. The van der Waals surface area contributed by atoms with Crippen LogP contribution < -0.4 is 0 Å². The van der Waals surface area contributed by atoms with Gasteiger partial charge >= 0.3 is 0 Å². The SMILES string of the molecule is Cn1c(/C(C#N)=C(\O)CSc2ccc(Cl)cc2)nc2ccccc21. The molecule has 3 aromatic rings. The summed E-state index contributed by atoms with van der Waals surface area (Å²) >= 11 is 7.30. The van der Waals surface area contributed by atoms with Crippen LogP contribution in [0.2, 0.25) is 5.02 Å². The van der Waals surface area contributed by atoms with Crippen molar-refractivity contribution in [1.82, 2.24) is 9.55 Å². The number of aromatic nitrogens is 2. The fourth-order valence-corrected chi connectivity index (χ4v) is 3.27. The smallest absolute Gasteiger partial charge is 0.155 e. The van der Waals surface area contributed by atoms with Crippen LogP contribution in [0.4, 0.5) is 0 Å². The van der Waals surface area contributed by atoms with E-state index in [2.05, 4.69) is 11.1 Å². The van der Waals surface area contributed by atoms with Gasteiger partial charge in [-0.1, -0.05) is 23.7 Å². The summed E-state index contributed by atoms with van der Waals surface area (Å²) in [6.07, 6.45) is 0. The minimum absolute atomic E-state index is 0.0101. The Labute approximate surface area is 149 Å². The Hall–Kier alpha value is -2.42. The number of nitriles is 1. The molecular formula is C18H14ClN3OS. The first-order chi connectivity index (χ1) is 11.6. The number of rotatable bonds is 4. The summed E-state index contributed by atoms with van der Waals surface area (Å²) in [5.41, 5.74) is 1.90. The Kier molecular flexibility index (Phi) is 4.79. The number of thioether (sulfide) groups is 1. The fourth-order valence-electron chi connectivity index (χ4n) is 2.37. The Morgan fingerprint density at radius 3 is 2.62 bits per heavy atom. The topological polar surface area (TPSA) is 61.8 Å². The van der Waals surface area contributed by atoms with Gasteiger partial charge in [0.15, 0.2) is 5.82 Å². The molecule has 0 bridgehead atoms. The third-order valence-electron chi connectivity index (χ3n) is 3.60. The summed E-state index contributed by atoms with van der Waals surface area (Å²) in [7, 11) is 1.83. The number of para-hydroxylation sites is 2. The van der Waals surface area contributed by atoms with Gasteiger partial charge in [0.05, 0.1) is 16.8 Å². The molecule has 1 N–H and O–H groups in total. The molecule has 0 saturated carbocycles. The molecule has 0 unspecified atom stereocenters. The highest BCUT2D eigenvalue weighted by Gasteiger charge is 2.16. The molecule has 0 saturated heterocycles. The van der Waals surface area contributed by atoms with Crippen molar-refractivity contribution in [1.29, 1.82) is 5.26 Å². The zero-order valence-corrected chi connectivity index (χ0v) is 14.5. The number of nitrogens with zero attached hydrogens (tertiary/aromatic N) is 3. The summed E-state index contributed by atoms with van der Waals surface area (Å²) in [5.74, 6) is 0.761. The molecule has 0 amide bonds. The van der Waals surface area contributed by atoms with E-state index in [1.165, 1.54) is 11.8 Å². The summed E-state index contributed by atoms with van der Waals surface area (Å²) < 4.78 is 1.82. The molecule has 4 nitrogen and oxygen atoms in total. The van der Waals surface area contributed by atoms with Gasteiger partial charge in [0.1, 0.15) is 17.4 Å². The van der Waals surface area contributed by atoms with Crippen molar-refractivity contribution in [3.8, 4) is 6.07 Å². The number of fused-ring (bicyclic) bond motifs is 1. The quantitative estimate of drug-likeness (QED) is 0.414. The lowest BCUT2D eigenvalue weighted by Gasteiger charge is -2.05. The maximum absolute atomic E-state index is 10.4. The lowest BCUT2D eigenvalue weighted by Crippen LogP contribution is -2.00. The first-order valence-corrected chi connectivity index (χ1v) is 8.59. The van der Waals surface area contributed by atoms with Gasteiger partial charge in [0.25, 0.3) is 0 Å². The largest absolute Gasteiger partial charge is 0.510 e. The van der Waals surface area contributed by atoms with E-state index < -0.39 is 0 Å². The summed E-state index contributed by atoms with van der Waals surface area (Å²) in [6.45, 7) is 0. The molecular weight excluding hydrogens is 342 g/mol. The van der Waals surface area contributed by atoms with Crippen molar-refractivity contribution in [3.63, 3.8) is 0 Å². The molecule has 0 spiro atoms. The molecule has 24 heavy (non-hydrogen) atoms. The fraction of sp³-hybridized carbons (Fsp3) is 0.111. The minimum Gasteiger partial charge on any atom is -0.510 e. The van der Waals surface area contributed by atoms with Crippen LogP contribution in [0, 0.1) is 11.3 Å². The number of allylic oxidation sites excluding steroid dienone is 1. The average Bonchev–Trinajstić information content (AvgIpc) is 2.92. The van der Waals surface area contributed by atoms with Crippen molar-refractivity contribution in [2.24, 2.45) is 7.05 Å². The van der Waals surface area contributed by atoms with Crippen LogP contribution >= 0.6 is 23.4 Å². The predicted molar refractivity (Wildman–Crippen MR) is 98.1 cm³/mol. The number of aliphatic hydroxyl groups excluding tert-OH is 1. The third kappa shape index (κ3) is 3.25. The normalized spacial score (nSPS) is 12.0. The molecule has 1 heterocycles. The highest BCUT2D eigenvalue weighted by molar-refractivity contribution is 7.99. The number of hydrogen-bond acceptors (Lipinski definition) is 4. The number of halogens is 1. The van der Waals surface area contributed by atoms with E-state index in [9.17, 15) is 10.4 Å².